The minimum Gasteiger partial charge on any atom is -0.507 e. The highest BCUT2D eigenvalue weighted by Gasteiger charge is 2.21. The molecule has 4 N–H and O–H groups in total. The predicted octanol–water partition coefficient (Wildman–Crippen LogP) is 1.59. The molecule has 1 atom stereocenters. The van der Waals surface area contributed by atoms with Crippen LogP contribution in [0.25, 0.3) is 0 Å². The van der Waals surface area contributed by atoms with E-state index in [1.54, 1.807) is 13.0 Å². The molecule has 15 heavy (non-hydrogen) atoms. The second-order valence-corrected chi connectivity index (χ2v) is 4.14. The molecule has 0 heterocycles. The summed E-state index contributed by atoms with van der Waals surface area (Å²) in [6, 6.07) is 3.11. The SMILES string of the molecule is Cc1cc(Br)c(O)cc1C(CN)C(=O)O. The smallest absolute Gasteiger partial charge is 0.312 e. The first-order valence-corrected chi connectivity index (χ1v) is 5.18. The summed E-state index contributed by atoms with van der Waals surface area (Å²) < 4.78 is 0.546. The number of hydrogen-bond acceptors (Lipinski definition) is 3. The van der Waals surface area contributed by atoms with Crippen LogP contribution in [-0.2, 0) is 4.79 Å². The van der Waals surface area contributed by atoms with Gasteiger partial charge in [-0.15, -0.1) is 0 Å². The molecular formula is C10H12BrNO3. The van der Waals surface area contributed by atoms with Crippen molar-refractivity contribution in [2.45, 2.75) is 12.8 Å². The molecule has 0 amide bonds. The third-order valence-corrected chi connectivity index (χ3v) is 2.88. The highest BCUT2D eigenvalue weighted by Crippen LogP contribution is 2.30. The number of carboxylic acid groups (broad SMARTS) is 1. The fraction of sp³-hybridized carbons (Fsp3) is 0.300. The Balaban J connectivity index is 3.24. The normalized spacial score (nSPS) is 12.5. The summed E-state index contributed by atoms with van der Waals surface area (Å²) in [5.74, 6) is -1.73. The minimum absolute atomic E-state index is 0.0112. The van der Waals surface area contributed by atoms with Crippen molar-refractivity contribution in [3.8, 4) is 5.75 Å². The van der Waals surface area contributed by atoms with E-state index in [9.17, 15) is 9.90 Å². The predicted molar refractivity (Wildman–Crippen MR) is 60.0 cm³/mol. The molecule has 0 fully saturated rings. The monoisotopic (exact) mass is 273 g/mol. The van der Waals surface area contributed by atoms with Gasteiger partial charge in [-0.3, -0.25) is 4.79 Å². The number of rotatable bonds is 3. The summed E-state index contributed by atoms with van der Waals surface area (Å²) in [5, 5.41) is 18.4. The van der Waals surface area contributed by atoms with Gasteiger partial charge in [-0.25, -0.2) is 0 Å². The summed E-state index contributed by atoms with van der Waals surface area (Å²) >= 11 is 3.16. The molecular weight excluding hydrogens is 262 g/mol. The second kappa shape index (κ2) is 4.63. The van der Waals surface area contributed by atoms with Crippen molar-refractivity contribution < 1.29 is 15.0 Å². The number of hydrogen-bond donors (Lipinski definition) is 3. The lowest BCUT2D eigenvalue weighted by atomic mass is 9.95. The molecule has 0 radical (unpaired) electrons. The van der Waals surface area contributed by atoms with E-state index in [0.29, 0.717) is 10.0 Å². The Morgan fingerprint density at radius 2 is 2.20 bits per heavy atom. The van der Waals surface area contributed by atoms with E-state index in [2.05, 4.69) is 15.9 Å². The van der Waals surface area contributed by atoms with Crippen LogP contribution in [0.2, 0.25) is 0 Å². The van der Waals surface area contributed by atoms with E-state index < -0.39 is 11.9 Å². The number of nitrogens with two attached hydrogens (primary N) is 1. The van der Waals surface area contributed by atoms with Gasteiger partial charge in [0.05, 0.1) is 10.4 Å². The third-order valence-electron chi connectivity index (χ3n) is 2.24. The first-order valence-electron chi connectivity index (χ1n) is 4.39. The van der Waals surface area contributed by atoms with Crippen LogP contribution in [0.5, 0.6) is 5.75 Å². The molecule has 1 aromatic carbocycles. The molecule has 0 saturated heterocycles. The second-order valence-electron chi connectivity index (χ2n) is 3.29. The number of phenols is 1. The molecule has 0 aliphatic rings. The van der Waals surface area contributed by atoms with Crippen molar-refractivity contribution in [1.82, 2.24) is 0 Å². The van der Waals surface area contributed by atoms with Crippen LogP contribution in [0.4, 0.5) is 0 Å². The number of aliphatic carboxylic acids is 1. The highest BCUT2D eigenvalue weighted by atomic mass is 79.9. The topological polar surface area (TPSA) is 83.5 Å². The molecule has 82 valence electrons. The Morgan fingerprint density at radius 1 is 1.60 bits per heavy atom. The summed E-state index contributed by atoms with van der Waals surface area (Å²) in [6.45, 7) is 1.79. The maximum absolute atomic E-state index is 10.9. The Morgan fingerprint density at radius 3 is 2.67 bits per heavy atom. The van der Waals surface area contributed by atoms with Crippen LogP contribution in [0, 0.1) is 6.92 Å². The molecule has 0 bridgehead atoms. The number of aromatic hydroxyl groups is 1. The Kier molecular flexibility index (Phi) is 3.71. The number of phenolic OH excluding ortho intramolecular Hbond substituents is 1. The van der Waals surface area contributed by atoms with Gasteiger partial charge in [-0.1, -0.05) is 0 Å². The largest absolute Gasteiger partial charge is 0.507 e. The summed E-state index contributed by atoms with van der Waals surface area (Å²) in [4.78, 5) is 10.9. The van der Waals surface area contributed by atoms with Crippen molar-refractivity contribution in [1.29, 1.82) is 0 Å². The van der Waals surface area contributed by atoms with Crippen molar-refractivity contribution >= 4 is 21.9 Å². The summed E-state index contributed by atoms with van der Waals surface area (Å²) in [6.07, 6.45) is 0. The lowest BCUT2D eigenvalue weighted by Gasteiger charge is -2.14. The quantitative estimate of drug-likeness (QED) is 0.781. The van der Waals surface area contributed by atoms with Gasteiger partial charge in [0.15, 0.2) is 0 Å². The molecule has 0 spiro atoms. The standard InChI is InChI=1S/C10H12BrNO3/c1-5-2-8(11)9(13)3-6(5)7(4-12)10(14)15/h2-3,7,13H,4,12H2,1H3,(H,14,15). The van der Waals surface area contributed by atoms with Crippen LogP contribution in [0.3, 0.4) is 0 Å². The molecule has 0 aromatic heterocycles. The first kappa shape index (κ1) is 12.0. The highest BCUT2D eigenvalue weighted by molar-refractivity contribution is 9.10. The van der Waals surface area contributed by atoms with E-state index in [-0.39, 0.29) is 12.3 Å². The van der Waals surface area contributed by atoms with E-state index in [1.165, 1.54) is 6.07 Å². The van der Waals surface area contributed by atoms with Crippen LogP contribution in [0.15, 0.2) is 16.6 Å². The minimum atomic E-state index is -0.984. The molecule has 4 nitrogen and oxygen atoms in total. The zero-order valence-corrected chi connectivity index (χ0v) is 9.78. The van der Waals surface area contributed by atoms with Crippen molar-refractivity contribution in [3.05, 3.63) is 27.7 Å². The van der Waals surface area contributed by atoms with E-state index >= 15 is 0 Å². The fourth-order valence-electron chi connectivity index (χ4n) is 1.41. The number of halogens is 1. The fourth-order valence-corrected chi connectivity index (χ4v) is 1.87. The van der Waals surface area contributed by atoms with Crippen LogP contribution in [-0.4, -0.2) is 22.7 Å². The van der Waals surface area contributed by atoms with Gasteiger partial charge in [0.2, 0.25) is 0 Å². The number of aryl methyl sites for hydroxylation is 1. The summed E-state index contributed by atoms with van der Waals surface area (Å²) in [5.41, 5.74) is 6.72. The third kappa shape index (κ3) is 2.49. The van der Waals surface area contributed by atoms with Crippen LogP contribution in [0.1, 0.15) is 17.0 Å². The Bertz CT molecular complexity index is 392. The Hall–Kier alpha value is -1.07. The van der Waals surface area contributed by atoms with E-state index in [0.717, 1.165) is 5.56 Å². The van der Waals surface area contributed by atoms with Crippen molar-refractivity contribution in [2.75, 3.05) is 6.54 Å². The van der Waals surface area contributed by atoms with Crippen molar-refractivity contribution in [2.24, 2.45) is 5.73 Å². The average Bonchev–Trinajstić information content (AvgIpc) is 2.14. The zero-order valence-electron chi connectivity index (χ0n) is 8.20. The molecule has 0 aliphatic carbocycles. The number of carboxylic acids is 1. The average molecular weight is 274 g/mol. The molecule has 1 aromatic rings. The van der Waals surface area contributed by atoms with Gasteiger partial charge in [0, 0.05) is 6.54 Å². The molecule has 0 saturated carbocycles. The van der Waals surface area contributed by atoms with E-state index in [4.69, 9.17) is 10.8 Å². The lowest BCUT2D eigenvalue weighted by molar-refractivity contribution is -0.138. The molecule has 1 unspecified atom stereocenters. The zero-order chi connectivity index (χ0) is 11.6. The molecule has 0 aliphatic heterocycles. The van der Waals surface area contributed by atoms with Crippen LogP contribution < -0.4 is 5.73 Å². The summed E-state index contributed by atoms with van der Waals surface area (Å²) in [7, 11) is 0. The van der Waals surface area contributed by atoms with Gasteiger partial charge < -0.3 is 15.9 Å². The van der Waals surface area contributed by atoms with Crippen LogP contribution >= 0.6 is 15.9 Å². The van der Waals surface area contributed by atoms with Gasteiger partial charge in [-0.2, -0.15) is 0 Å². The first-order chi connectivity index (χ1) is 6.97. The van der Waals surface area contributed by atoms with Gasteiger partial charge in [0.25, 0.3) is 0 Å². The van der Waals surface area contributed by atoms with Gasteiger partial charge in [0.1, 0.15) is 5.75 Å². The lowest BCUT2D eigenvalue weighted by Crippen LogP contribution is -2.21. The van der Waals surface area contributed by atoms with Gasteiger partial charge >= 0.3 is 5.97 Å². The van der Waals surface area contributed by atoms with Crippen molar-refractivity contribution in [3.63, 3.8) is 0 Å². The van der Waals surface area contributed by atoms with E-state index in [1.807, 2.05) is 0 Å². The molecule has 5 heteroatoms. The number of carbonyl (C=O) groups is 1. The van der Waals surface area contributed by atoms with Gasteiger partial charge in [-0.05, 0) is 46.1 Å². The maximum atomic E-state index is 10.9. The maximum Gasteiger partial charge on any atom is 0.312 e. The Labute approximate surface area is 95.8 Å². The number of benzene rings is 1. The molecule has 1 rings (SSSR count).